The molecule has 0 fully saturated rings. The number of nitrogens with zero attached hydrogens (tertiary/aromatic N) is 1. The lowest BCUT2D eigenvalue weighted by Crippen LogP contribution is -1.99. The summed E-state index contributed by atoms with van der Waals surface area (Å²) in [7, 11) is 0. The maximum Gasteiger partial charge on any atom is 0.182 e. The van der Waals surface area contributed by atoms with Crippen molar-refractivity contribution in [2.75, 3.05) is 0 Å². The average molecular weight is 345 g/mol. The molecule has 1 heterocycles. The first kappa shape index (κ1) is 15.3. The summed E-state index contributed by atoms with van der Waals surface area (Å²) < 4.78 is 5.83. The van der Waals surface area contributed by atoms with Crippen molar-refractivity contribution in [3.8, 4) is 28.2 Å². The number of isothiocyanates is 1. The van der Waals surface area contributed by atoms with Crippen LogP contribution in [0.25, 0.3) is 33.4 Å². The van der Waals surface area contributed by atoms with Crippen molar-refractivity contribution in [3.05, 3.63) is 70.9 Å². The van der Waals surface area contributed by atoms with E-state index in [9.17, 15) is 9.90 Å². The fraction of sp³-hybridized carbons (Fsp3) is 0. The average Bonchev–Trinajstić information content (AvgIpc) is 2.60. The van der Waals surface area contributed by atoms with E-state index in [-0.39, 0.29) is 11.2 Å². The van der Waals surface area contributed by atoms with Crippen molar-refractivity contribution in [1.29, 1.82) is 0 Å². The molecule has 0 spiro atoms. The number of phenolic OH excluding ortho intramolecular Hbond substituents is 1. The minimum atomic E-state index is -0.132. The minimum absolute atomic E-state index is 0.102. The van der Waals surface area contributed by atoms with Crippen molar-refractivity contribution in [1.82, 2.24) is 0 Å². The van der Waals surface area contributed by atoms with E-state index in [1.807, 2.05) is 24.3 Å². The first-order chi connectivity index (χ1) is 12.2. The van der Waals surface area contributed by atoms with Crippen molar-refractivity contribution >= 4 is 34.0 Å². The van der Waals surface area contributed by atoms with Gasteiger partial charge in [-0.3, -0.25) is 4.79 Å². The molecule has 25 heavy (non-hydrogen) atoms. The first-order valence-electron chi connectivity index (χ1n) is 7.53. The molecule has 0 saturated heterocycles. The molecule has 0 radical (unpaired) electrons. The number of aliphatic imine (C=N–C) groups is 1. The lowest BCUT2D eigenvalue weighted by molar-refractivity contribution is 0.474. The molecular formula is C20H11NO3S. The standard InChI is InChI=1S/C20H11NO3S/c22-14-5-7-16-18(9-14)24-19-10-15(23)6-8-17(19)20(16)12-1-3-13(4-2-12)21-11-25/h1-10,22H. The Morgan fingerprint density at radius 1 is 1.00 bits per heavy atom. The van der Waals surface area contributed by atoms with Gasteiger partial charge >= 0.3 is 0 Å². The second kappa shape index (κ2) is 5.98. The van der Waals surface area contributed by atoms with Crippen LogP contribution in [0.15, 0.2) is 74.9 Å². The molecule has 0 atom stereocenters. The zero-order valence-corrected chi connectivity index (χ0v) is 13.7. The molecule has 0 unspecified atom stereocenters. The van der Waals surface area contributed by atoms with E-state index >= 15 is 0 Å². The van der Waals surface area contributed by atoms with E-state index in [0.29, 0.717) is 17.0 Å². The number of rotatable bonds is 2. The predicted octanol–water partition coefficient (Wildman–Crippen LogP) is 5.00. The van der Waals surface area contributed by atoms with Crippen LogP contribution >= 0.6 is 12.2 Å². The lowest BCUT2D eigenvalue weighted by atomic mass is 9.93. The highest BCUT2D eigenvalue weighted by atomic mass is 32.1. The van der Waals surface area contributed by atoms with Gasteiger partial charge in [-0.05, 0) is 54.2 Å². The fourth-order valence-electron chi connectivity index (χ4n) is 2.93. The number of aromatic hydroxyl groups is 1. The van der Waals surface area contributed by atoms with Crippen LogP contribution in [0.3, 0.4) is 0 Å². The third kappa shape index (κ3) is 2.72. The van der Waals surface area contributed by atoms with Crippen LogP contribution in [0.1, 0.15) is 0 Å². The highest BCUT2D eigenvalue weighted by Crippen LogP contribution is 2.40. The molecule has 120 valence electrons. The summed E-state index contributed by atoms with van der Waals surface area (Å²) in [6.07, 6.45) is 0. The highest BCUT2D eigenvalue weighted by Gasteiger charge is 2.17. The van der Waals surface area contributed by atoms with E-state index in [1.54, 1.807) is 24.3 Å². The number of hydrogen-bond donors (Lipinski definition) is 1. The number of hydrogen-bond acceptors (Lipinski definition) is 5. The van der Waals surface area contributed by atoms with Crippen molar-refractivity contribution in [2.45, 2.75) is 0 Å². The van der Waals surface area contributed by atoms with Crippen LogP contribution in [0.5, 0.6) is 5.75 Å². The maximum atomic E-state index is 11.7. The monoisotopic (exact) mass is 345 g/mol. The third-order valence-corrected chi connectivity index (χ3v) is 4.10. The van der Waals surface area contributed by atoms with Gasteiger partial charge in [0.25, 0.3) is 0 Å². The van der Waals surface area contributed by atoms with Gasteiger partial charge in [-0.15, -0.1) is 0 Å². The predicted molar refractivity (Wildman–Crippen MR) is 101 cm³/mol. The number of fused-ring (bicyclic) bond motifs is 2. The molecule has 4 rings (SSSR count). The van der Waals surface area contributed by atoms with E-state index in [4.69, 9.17) is 4.42 Å². The van der Waals surface area contributed by atoms with Crippen LogP contribution in [-0.2, 0) is 0 Å². The summed E-state index contributed by atoms with van der Waals surface area (Å²) in [4.78, 5) is 15.7. The highest BCUT2D eigenvalue weighted by molar-refractivity contribution is 7.78. The Labute approximate surface area is 148 Å². The van der Waals surface area contributed by atoms with Crippen LogP contribution < -0.4 is 5.43 Å². The molecule has 1 aliphatic carbocycles. The smallest absolute Gasteiger partial charge is 0.182 e. The number of benzene rings is 3. The molecule has 2 aromatic carbocycles. The largest absolute Gasteiger partial charge is 0.508 e. The Hall–Kier alpha value is -3.27. The van der Waals surface area contributed by atoms with Crippen LogP contribution in [0.4, 0.5) is 5.69 Å². The summed E-state index contributed by atoms with van der Waals surface area (Å²) in [5.41, 5.74) is 3.78. The van der Waals surface area contributed by atoms with Crippen LogP contribution in [0.2, 0.25) is 0 Å². The van der Waals surface area contributed by atoms with Gasteiger partial charge in [0.15, 0.2) is 5.43 Å². The Morgan fingerprint density at radius 3 is 2.56 bits per heavy atom. The minimum Gasteiger partial charge on any atom is -0.508 e. The van der Waals surface area contributed by atoms with Crippen molar-refractivity contribution in [2.24, 2.45) is 4.99 Å². The van der Waals surface area contributed by atoms with Gasteiger partial charge in [0.1, 0.15) is 17.1 Å². The van der Waals surface area contributed by atoms with Gasteiger partial charge in [0.2, 0.25) is 0 Å². The molecule has 0 bridgehead atoms. The van der Waals surface area contributed by atoms with Gasteiger partial charge in [-0.1, -0.05) is 12.1 Å². The summed E-state index contributed by atoms with van der Waals surface area (Å²) in [5, 5.41) is 13.0. The summed E-state index contributed by atoms with van der Waals surface area (Å²) in [5.74, 6) is 0.576. The topological polar surface area (TPSA) is 62.8 Å². The van der Waals surface area contributed by atoms with Crippen molar-refractivity contribution in [3.63, 3.8) is 0 Å². The van der Waals surface area contributed by atoms with E-state index < -0.39 is 0 Å². The molecule has 1 N–H and O–H groups in total. The summed E-state index contributed by atoms with van der Waals surface area (Å²) >= 11 is 4.63. The molecule has 0 aromatic heterocycles. The van der Waals surface area contributed by atoms with Gasteiger partial charge in [-0.2, -0.15) is 4.99 Å². The summed E-state index contributed by atoms with van der Waals surface area (Å²) in [6, 6.07) is 17.2. The Bertz CT molecular complexity index is 1170. The van der Waals surface area contributed by atoms with Gasteiger partial charge in [0.05, 0.1) is 10.8 Å². The zero-order chi connectivity index (χ0) is 17.4. The fourth-order valence-corrected chi connectivity index (χ4v) is 3.03. The Balaban J connectivity index is 2.09. The van der Waals surface area contributed by atoms with Gasteiger partial charge < -0.3 is 9.52 Å². The molecule has 1 aliphatic heterocycles. The molecule has 2 aromatic rings. The number of phenols is 1. The Kier molecular flexibility index (Phi) is 3.65. The SMILES string of the molecule is O=c1ccc2c(-c3ccc(N=C=S)cc3)c3ccc(O)cc3oc-2c1. The quantitative estimate of drug-likeness (QED) is 0.315. The Morgan fingerprint density at radius 2 is 1.80 bits per heavy atom. The van der Waals surface area contributed by atoms with Crippen molar-refractivity contribution < 1.29 is 9.52 Å². The molecule has 4 nitrogen and oxygen atoms in total. The van der Waals surface area contributed by atoms with Gasteiger partial charge in [0, 0.05) is 28.6 Å². The maximum absolute atomic E-state index is 11.7. The molecule has 0 amide bonds. The van der Waals surface area contributed by atoms with E-state index in [0.717, 1.165) is 22.1 Å². The third-order valence-electron chi connectivity index (χ3n) is 4.01. The lowest BCUT2D eigenvalue weighted by Gasteiger charge is -2.15. The molecule has 0 saturated carbocycles. The molecular weight excluding hydrogens is 334 g/mol. The second-order valence-electron chi connectivity index (χ2n) is 5.57. The second-order valence-corrected chi connectivity index (χ2v) is 5.75. The first-order valence-corrected chi connectivity index (χ1v) is 7.94. The normalized spacial score (nSPS) is 10.7. The summed E-state index contributed by atoms with van der Waals surface area (Å²) in [6.45, 7) is 0. The van der Waals surface area contributed by atoms with Gasteiger partial charge in [-0.25, -0.2) is 0 Å². The molecule has 5 heteroatoms. The van der Waals surface area contributed by atoms with E-state index in [2.05, 4.69) is 22.4 Å². The number of thiocarbonyl (C=S) groups is 1. The van der Waals surface area contributed by atoms with E-state index in [1.165, 1.54) is 12.1 Å². The van der Waals surface area contributed by atoms with Crippen LogP contribution in [0, 0.1) is 0 Å². The zero-order valence-electron chi connectivity index (χ0n) is 12.9. The van der Waals surface area contributed by atoms with Crippen LogP contribution in [-0.4, -0.2) is 10.3 Å². The molecule has 2 aliphatic rings.